The number of rotatable bonds is 5. The molecule has 1 aliphatic rings. The van der Waals surface area contributed by atoms with E-state index in [-0.39, 0.29) is 18.6 Å². The van der Waals surface area contributed by atoms with Crippen LogP contribution in [0.25, 0.3) is 0 Å². The Hall–Kier alpha value is -2.09. The summed E-state index contributed by atoms with van der Waals surface area (Å²) in [6.45, 7) is 1.89. The lowest BCUT2D eigenvalue weighted by molar-refractivity contribution is 0.0946. The molecule has 1 saturated heterocycles. The fourth-order valence-corrected chi connectivity index (χ4v) is 3.15. The van der Waals surface area contributed by atoms with E-state index in [2.05, 4.69) is 20.5 Å². The lowest BCUT2D eigenvalue weighted by atomic mass is 10.2. The number of pyridine rings is 1. The van der Waals surface area contributed by atoms with Gasteiger partial charge in [-0.05, 0) is 18.2 Å². The smallest absolute Gasteiger partial charge is 0.251 e. The van der Waals surface area contributed by atoms with Crippen LogP contribution in [0.5, 0.6) is 5.88 Å². The number of carbonyl (C=O) groups excluding carboxylic acids is 1. The Morgan fingerprint density at radius 3 is 3.18 bits per heavy atom. The SMILES string of the molecule is Cc1nnc(CNC(=O)c2ccnc(O[C@H]3CCSC3)c2)o1. The number of hydrogen-bond acceptors (Lipinski definition) is 7. The minimum atomic E-state index is -0.232. The average Bonchev–Trinajstić information content (AvgIpc) is 3.17. The van der Waals surface area contributed by atoms with E-state index in [4.69, 9.17) is 9.15 Å². The summed E-state index contributed by atoms with van der Waals surface area (Å²) in [5.41, 5.74) is 0.492. The summed E-state index contributed by atoms with van der Waals surface area (Å²) >= 11 is 1.86. The second-order valence-electron chi connectivity index (χ2n) is 4.88. The molecule has 0 bridgehead atoms. The molecule has 3 rings (SSSR count). The maximum absolute atomic E-state index is 12.1. The lowest BCUT2D eigenvalue weighted by Gasteiger charge is -2.11. The maximum Gasteiger partial charge on any atom is 0.251 e. The molecule has 3 heterocycles. The average molecular weight is 320 g/mol. The Labute approximate surface area is 131 Å². The predicted molar refractivity (Wildman–Crippen MR) is 80.8 cm³/mol. The molecule has 1 N–H and O–H groups in total. The van der Waals surface area contributed by atoms with Crippen LogP contribution in [0.15, 0.2) is 22.7 Å². The van der Waals surface area contributed by atoms with Crippen molar-refractivity contribution in [3.8, 4) is 5.88 Å². The molecule has 0 unspecified atom stereocenters. The molecule has 2 aromatic heterocycles. The lowest BCUT2D eigenvalue weighted by Crippen LogP contribution is -2.23. The van der Waals surface area contributed by atoms with Gasteiger partial charge in [-0.2, -0.15) is 11.8 Å². The highest BCUT2D eigenvalue weighted by Gasteiger charge is 2.18. The van der Waals surface area contributed by atoms with Crippen molar-refractivity contribution in [1.29, 1.82) is 0 Å². The summed E-state index contributed by atoms with van der Waals surface area (Å²) in [6.07, 6.45) is 2.76. The largest absolute Gasteiger partial charge is 0.473 e. The van der Waals surface area contributed by atoms with Crippen LogP contribution < -0.4 is 10.1 Å². The zero-order chi connectivity index (χ0) is 15.4. The van der Waals surface area contributed by atoms with Gasteiger partial charge in [0.2, 0.25) is 17.7 Å². The fourth-order valence-electron chi connectivity index (χ4n) is 2.06. The molecule has 0 spiro atoms. The van der Waals surface area contributed by atoms with Gasteiger partial charge >= 0.3 is 0 Å². The van der Waals surface area contributed by atoms with Gasteiger partial charge in [0.05, 0.1) is 6.54 Å². The quantitative estimate of drug-likeness (QED) is 0.894. The summed E-state index contributed by atoms with van der Waals surface area (Å²) in [6, 6.07) is 3.29. The molecular formula is C14H16N4O3S. The minimum Gasteiger partial charge on any atom is -0.473 e. The molecule has 1 fully saturated rings. The van der Waals surface area contributed by atoms with Crippen molar-refractivity contribution in [3.63, 3.8) is 0 Å². The third kappa shape index (κ3) is 3.76. The van der Waals surface area contributed by atoms with Gasteiger partial charge < -0.3 is 14.5 Å². The standard InChI is InChI=1S/C14H16N4O3S/c1-9-17-18-13(20-9)7-16-14(19)10-2-4-15-12(6-10)21-11-3-5-22-8-11/h2,4,6,11H,3,5,7-8H2,1H3,(H,16,19)/t11-/m0/s1. The van der Waals surface area contributed by atoms with Crippen LogP contribution in [-0.2, 0) is 6.54 Å². The van der Waals surface area contributed by atoms with E-state index in [1.54, 1.807) is 25.3 Å². The Balaban J connectivity index is 1.59. The Morgan fingerprint density at radius 2 is 2.45 bits per heavy atom. The van der Waals surface area contributed by atoms with E-state index in [9.17, 15) is 4.79 Å². The van der Waals surface area contributed by atoms with Crippen molar-refractivity contribution in [1.82, 2.24) is 20.5 Å². The number of carbonyl (C=O) groups is 1. The number of nitrogens with zero attached hydrogens (tertiary/aromatic N) is 3. The number of ether oxygens (including phenoxy) is 1. The third-order valence-electron chi connectivity index (χ3n) is 3.14. The van der Waals surface area contributed by atoms with Crippen LogP contribution in [0.3, 0.4) is 0 Å². The number of amides is 1. The summed E-state index contributed by atoms with van der Waals surface area (Å²) in [5.74, 6) is 3.17. The Morgan fingerprint density at radius 1 is 1.55 bits per heavy atom. The van der Waals surface area contributed by atoms with E-state index >= 15 is 0 Å². The van der Waals surface area contributed by atoms with E-state index in [1.807, 2.05) is 11.8 Å². The molecule has 116 valence electrons. The van der Waals surface area contributed by atoms with Crippen molar-refractivity contribution in [2.75, 3.05) is 11.5 Å². The van der Waals surface area contributed by atoms with E-state index in [0.29, 0.717) is 23.2 Å². The van der Waals surface area contributed by atoms with Crippen molar-refractivity contribution in [2.24, 2.45) is 0 Å². The van der Waals surface area contributed by atoms with Gasteiger partial charge in [-0.25, -0.2) is 4.98 Å². The summed E-state index contributed by atoms with van der Waals surface area (Å²) in [5, 5.41) is 10.3. The normalized spacial score (nSPS) is 17.4. The van der Waals surface area contributed by atoms with Gasteiger partial charge in [0.1, 0.15) is 6.10 Å². The van der Waals surface area contributed by atoms with Gasteiger partial charge in [0.15, 0.2) is 0 Å². The second kappa shape index (κ2) is 6.78. The highest BCUT2D eigenvalue weighted by molar-refractivity contribution is 7.99. The van der Waals surface area contributed by atoms with Crippen molar-refractivity contribution in [3.05, 3.63) is 35.7 Å². The number of thioether (sulfide) groups is 1. The zero-order valence-electron chi connectivity index (χ0n) is 12.1. The zero-order valence-corrected chi connectivity index (χ0v) is 12.9. The molecule has 1 atom stereocenters. The molecule has 8 heteroatoms. The molecule has 0 radical (unpaired) electrons. The van der Waals surface area contributed by atoms with Crippen molar-refractivity contribution in [2.45, 2.75) is 26.0 Å². The molecular weight excluding hydrogens is 304 g/mol. The van der Waals surface area contributed by atoms with Crippen LogP contribution in [0, 0.1) is 6.92 Å². The van der Waals surface area contributed by atoms with Gasteiger partial charge in [0.25, 0.3) is 5.91 Å². The molecule has 22 heavy (non-hydrogen) atoms. The number of aromatic nitrogens is 3. The molecule has 0 aliphatic carbocycles. The first-order valence-electron chi connectivity index (χ1n) is 6.98. The first-order valence-corrected chi connectivity index (χ1v) is 8.14. The number of nitrogens with one attached hydrogen (secondary N) is 1. The highest BCUT2D eigenvalue weighted by Crippen LogP contribution is 2.22. The monoisotopic (exact) mass is 320 g/mol. The molecule has 7 nitrogen and oxygen atoms in total. The topological polar surface area (TPSA) is 90.1 Å². The van der Waals surface area contributed by atoms with Crippen LogP contribution in [0.4, 0.5) is 0 Å². The second-order valence-corrected chi connectivity index (χ2v) is 6.03. The molecule has 0 aromatic carbocycles. The fraction of sp³-hybridized carbons (Fsp3) is 0.429. The van der Waals surface area contributed by atoms with Gasteiger partial charge in [-0.3, -0.25) is 4.79 Å². The summed E-state index contributed by atoms with van der Waals surface area (Å²) < 4.78 is 11.0. The summed E-state index contributed by atoms with van der Waals surface area (Å²) in [4.78, 5) is 16.3. The molecule has 1 amide bonds. The van der Waals surface area contributed by atoms with E-state index < -0.39 is 0 Å². The molecule has 1 aliphatic heterocycles. The van der Waals surface area contributed by atoms with Gasteiger partial charge in [-0.1, -0.05) is 0 Å². The van der Waals surface area contributed by atoms with E-state index in [0.717, 1.165) is 17.9 Å². The third-order valence-corrected chi connectivity index (χ3v) is 4.27. The van der Waals surface area contributed by atoms with Gasteiger partial charge in [-0.15, -0.1) is 10.2 Å². The first-order chi connectivity index (χ1) is 10.7. The van der Waals surface area contributed by atoms with Crippen LogP contribution >= 0.6 is 11.8 Å². The van der Waals surface area contributed by atoms with Gasteiger partial charge in [0, 0.05) is 30.5 Å². The van der Waals surface area contributed by atoms with Crippen LogP contribution in [0.1, 0.15) is 28.6 Å². The summed E-state index contributed by atoms with van der Waals surface area (Å²) in [7, 11) is 0. The first kappa shape index (κ1) is 14.8. The highest BCUT2D eigenvalue weighted by atomic mass is 32.2. The van der Waals surface area contributed by atoms with Crippen molar-refractivity contribution >= 4 is 17.7 Å². The Bertz CT molecular complexity index is 655. The molecule has 2 aromatic rings. The van der Waals surface area contributed by atoms with Crippen LogP contribution in [-0.4, -0.2) is 38.7 Å². The van der Waals surface area contributed by atoms with Crippen LogP contribution in [0.2, 0.25) is 0 Å². The maximum atomic E-state index is 12.1. The number of aryl methyl sites for hydroxylation is 1. The van der Waals surface area contributed by atoms with Crippen molar-refractivity contribution < 1.29 is 13.9 Å². The Kier molecular flexibility index (Phi) is 4.57. The minimum absolute atomic E-state index is 0.178. The molecule has 0 saturated carbocycles. The predicted octanol–water partition coefficient (Wildman–Crippen LogP) is 1.59. The number of hydrogen-bond donors (Lipinski definition) is 1. The van der Waals surface area contributed by atoms with E-state index in [1.165, 1.54) is 0 Å².